The van der Waals surface area contributed by atoms with Crippen molar-refractivity contribution in [2.75, 3.05) is 33.4 Å². The van der Waals surface area contributed by atoms with Gasteiger partial charge in [0, 0.05) is 28.6 Å². The molecular formula is C29H33ClN2O4S. The van der Waals surface area contributed by atoms with Crippen LogP contribution in [0.5, 0.6) is 11.5 Å². The third-order valence-corrected chi connectivity index (χ3v) is 8.06. The molecule has 196 valence electrons. The maximum Gasteiger partial charge on any atom is 0.254 e. The van der Waals surface area contributed by atoms with E-state index in [1.165, 1.54) is 4.88 Å². The minimum absolute atomic E-state index is 0.0200. The van der Waals surface area contributed by atoms with Crippen LogP contribution in [0.1, 0.15) is 47.1 Å². The summed E-state index contributed by atoms with van der Waals surface area (Å²) in [5, 5.41) is 2.71. The van der Waals surface area contributed by atoms with Gasteiger partial charge < -0.3 is 19.3 Å². The van der Waals surface area contributed by atoms with E-state index < -0.39 is 0 Å². The number of carbonyl (C=O) groups excluding carboxylic acids is 2. The Morgan fingerprint density at radius 1 is 1.11 bits per heavy atom. The molecule has 37 heavy (non-hydrogen) atoms. The zero-order valence-corrected chi connectivity index (χ0v) is 23.1. The standard InChI is InChI=1S/C29H33ClN2O4S/c1-4-20(2)17-31(29(34)21-5-9-23(35-3)10-6-21)18-28(33)32-15-13-27-25(14-16-37-27)26(32)19-36-24-11-7-22(30)8-12-24/h5-12,14,16,20,26H,4,13,15,17-19H2,1-3H3/t20-,26-/m1/s1. The van der Waals surface area contributed by atoms with Crippen molar-refractivity contribution >= 4 is 34.8 Å². The Labute approximate surface area is 227 Å². The first kappa shape index (κ1) is 27.0. The summed E-state index contributed by atoms with van der Waals surface area (Å²) < 4.78 is 11.3. The van der Waals surface area contributed by atoms with Crippen molar-refractivity contribution in [3.05, 3.63) is 81.0 Å². The average Bonchev–Trinajstić information content (AvgIpc) is 3.41. The first-order valence-corrected chi connectivity index (χ1v) is 13.8. The highest BCUT2D eigenvalue weighted by Crippen LogP contribution is 2.34. The van der Waals surface area contributed by atoms with E-state index in [-0.39, 0.29) is 30.3 Å². The molecule has 0 aliphatic carbocycles. The first-order chi connectivity index (χ1) is 17.9. The van der Waals surface area contributed by atoms with Gasteiger partial charge in [0.25, 0.3) is 5.91 Å². The molecule has 0 N–H and O–H groups in total. The highest BCUT2D eigenvalue weighted by molar-refractivity contribution is 7.10. The zero-order valence-electron chi connectivity index (χ0n) is 21.5. The molecule has 2 amide bonds. The Morgan fingerprint density at radius 3 is 2.49 bits per heavy atom. The largest absolute Gasteiger partial charge is 0.497 e. The third-order valence-electron chi connectivity index (χ3n) is 6.82. The smallest absolute Gasteiger partial charge is 0.254 e. The molecule has 0 saturated carbocycles. The van der Waals surface area contributed by atoms with Crippen molar-refractivity contribution < 1.29 is 19.1 Å². The number of fused-ring (bicyclic) bond motifs is 1. The summed E-state index contributed by atoms with van der Waals surface area (Å²) in [5.41, 5.74) is 1.66. The monoisotopic (exact) mass is 540 g/mol. The maximum atomic E-state index is 13.8. The normalized spacial score (nSPS) is 15.6. The molecule has 6 nitrogen and oxygen atoms in total. The van der Waals surface area contributed by atoms with Crippen LogP contribution >= 0.6 is 22.9 Å². The Morgan fingerprint density at radius 2 is 1.81 bits per heavy atom. The highest BCUT2D eigenvalue weighted by Gasteiger charge is 2.34. The van der Waals surface area contributed by atoms with Crippen molar-refractivity contribution in [2.45, 2.75) is 32.7 Å². The summed E-state index contributed by atoms with van der Waals surface area (Å²) in [4.78, 5) is 32.1. The lowest BCUT2D eigenvalue weighted by molar-refractivity contribution is -0.135. The number of nitrogens with zero attached hydrogens (tertiary/aromatic N) is 2. The lowest BCUT2D eigenvalue weighted by Gasteiger charge is -2.37. The summed E-state index contributed by atoms with van der Waals surface area (Å²) in [6.45, 7) is 5.64. The van der Waals surface area contributed by atoms with E-state index in [4.69, 9.17) is 21.1 Å². The van der Waals surface area contributed by atoms with Crippen LogP contribution in [-0.4, -0.2) is 55.0 Å². The predicted molar refractivity (Wildman–Crippen MR) is 148 cm³/mol. The fourth-order valence-electron chi connectivity index (χ4n) is 4.48. The summed E-state index contributed by atoms with van der Waals surface area (Å²) in [6, 6.07) is 16.1. The molecule has 2 atom stereocenters. The molecule has 1 aromatic heterocycles. The van der Waals surface area contributed by atoms with Gasteiger partial charge in [0.2, 0.25) is 5.91 Å². The molecule has 3 aromatic rings. The van der Waals surface area contributed by atoms with Gasteiger partial charge in [-0.2, -0.15) is 0 Å². The maximum absolute atomic E-state index is 13.8. The molecule has 1 aliphatic rings. The molecule has 0 saturated heterocycles. The second-order valence-corrected chi connectivity index (χ2v) is 10.8. The van der Waals surface area contributed by atoms with E-state index in [1.807, 2.05) is 17.0 Å². The van der Waals surface area contributed by atoms with Crippen molar-refractivity contribution in [1.82, 2.24) is 9.80 Å². The van der Waals surface area contributed by atoms with Crippen LogP contribution in [-0.2, 0) is 11.2 Å². The number of methoxy groups -OCH3 is 1. The number of thiophene rings is 1. The van der Waals surface area contributed by atoms with E-state index in [9.17, 15) is 9.59 Å². The molecule has 8 heteroatoms. The van der Waals surface area contributed by atoms with Crippen LogP contribution in [0.4, 0.5) is 0 Å². The van der Waals surface area contributed by atoms with Crippen molar-refractivity contribution in [2.24, 2.45) is 5.92 Å². The van der Waals surface area contributed by atoms with Gasteiger partial charge in [0.05, 0.1) is 13.2 Å². The lowest BCUT2D eigenvalue weighted by atomic mass is 10.00. The zero-order chi connectivity index (χ0) is 26.4. The van der Waals surface area contributed by atoms with Crippen LogP contribution in [0, 0.1) is 5.92 Å². The summed E-state index contributed by atoms with van der Waals surface area (Å²) in [6.07, 6.45) is 1.72. The van der Waals surface area contributed by atoms with Gasteiger partial charge in [-0.3, -0.25) is 9.59 Å². The quantitative estimate of drug-likeness (QED) is 0.311. The molecule has 4 rings (SSSR count). The number of ether oxygens (including phenoxy) is 2. The number of halogens is 1. The average molecular weight is 541 g/mol. The van der Waals surface area contributed by atoms with Gasteiger partial charge in [-0.25, -0.2) is 0 Å². The van der Waals surface area contributed by atoms with Crippen molar-refractivity contribution in [3.63, 3.8) is 0 Å². The fourth-order valence-corrected chi connectivity index (χ4v) is 5.53. The number of hydrogen-bond acceptors (Lipinski definition) is 5. The van der Waals surface area contributed by atoms with Crippen LogP contribution < -0.4 is 9.47 Å². The number of rotatable bonds is 10. The second kappa shape index (κ2) is 12.5. The van der Waals surface area contributed by atoms with E-state index in [0.29, 0.717) is 41.8 Å². The lowest BCUT2D eigenvalue weighted by Crippen LogP contribution is -2.48. The molecule has 2 heterocycles. The molecule has 0 radical (unpaired) electrons. The predicted octanol–water partition coefficient (Wildman–Crippen LogP) is 6.10. The van der Waals surface area contributed by atoms with Crippen LogP contribution in [0.25, 0.3) is 0 Å². The Balaban J connectivity index is 1.53. The first-order valence-electron chi connectivity index (χ1n) is 12.6. The molecule has 0 bridgehead atoms. The Bertz CT molecular complexity index is 1200. The number of carbonyl (C=O) groups is 2. The summed E-state index contributed by atoms with van der Waals surface area (Å²) in [5.74, 6) is 1.42. The minimum Gasteiger partial charge on any atom is -0.497 e. The highest BCUT2D eigenvalue weighted by atomic mass is 35.5. The number of amides is 2. The Hall–Kier alpha value is -3.03. The molecule has 0 fully saturated rings. The van der Waals surface area contributed by atoms with Gasteiger partial charge in [0.15, 0.2) is 0 Å². The molecular weight excluding hydrogens is 508 g/mol. The van der Waals surface area contributed by atoms with E-state index in [2.05, 4.69) is 25.3 Å². The Kier molecular flexibility index (Phi) is 9.11. The number of hydrogen-bond donors (Lipinski definition) is 0. The molecule has 0 spiro atoms. The van der Waals surface area contributed by atoms with Crippen LogP contribution in [0.15, 0.2) is 60.0 Å². The SMILES string of the molecule is CC[C@@H](C)CN(CC(=O)N1CCc2sccc2[C@H]1COc1ccc(Cl)cc1)C(=O)c1ccc(OC)cc1. The van der Waals surface area contributed by atoms with Gasteiger partial charge in [-0.15, -0.1) is 11.3 Å². The third kappa shape index (κ3) is 6.65. The van der Waals surface area contributed by atoms with Crippen molar-refractivity contribution in [1.29, 1.82) is 0 Å². The van der Waals surface area contributed by atoms with Gasteiger partial charge in [-0.05, 0) is 77.9 Å². The fraction of sp³-hybridized carbons (Fsp3) is 0.379. The van der Waals surface area contributed by atoms with Gasteiger partial charge in [-0.1, -0.05) is 31.9 Å². The molecule has 2 aromatic carbocycles. The minimum atomic E-state index is -0.222. The van der Waals surface area contributed by atoms with E-state index in [1.54, 1.807) is 59.7 Å². The van der Waals surface area contributed by atoms with Gasteiger partial charge >= 0.3 is 0 Å². The van der Waals surface area contributed by atoms with E-state index in [0.717, 1.165) is 18.4 Å². The van der Waals surface area contributed by atoms with Crippen molar-refractivity contribution in [3.8, 4) is 11.5 Å². The second-order valence-electron chi connectivity index (χ2n) is 9.34. The van der Waals surface area contributed by atoms with Crippen LogP contribution in [0.2, 0.25) is 5.02 Å². The number of benzene rings is 2. The summed E-state index contributed by atoms with van der Waals surface area (Å²) in [7, 11) is 1.59. The molecule has 1 aliphatic heterocycles. The molecule has 0 unspecified atom stereocenters. The van der Waals surface area contributed by atoms with Crippen LogP contribution in [0.3, 0.4) is 0 Å². The summed E-state index contributed by atoms with van der Waals surface area (Å²) >= 11 is 7.72. The van der Waals surface area contributed by atoms with E-state index >= 15 is 0 Å². The topological polar surface area (TPSA) is 59.1 Å². The van der Waals surface area contributed by atoms with Gasteiger partial charge in [0.1, 0.15) is 24.7 Å².